The first-order valence-corrected chi connectivity index (χ1v) is 6.13. The highest BCUT2D eigenvalue weighted by Gasteiger charge is 2.20. The van der Waals surface area contributed by atoms with E-state index >= 15 is 0 Å². The monoisotopic (exact) mass is 256 g/mol. The molecule has 18 heavy (non-hydrogen) atoms. The molecule has 1 saturated heterocycles. The van der Waals surface area contributed by atoms with E-state index in [4.69, 9.17) is 5.73 Å². The quantitative estimate of drug-likeness (QED) is 0.876. The van der Waals surface area contributed by atoms with E-state index in [2.05, 4.69) is 9.64 Å². The van der Waals surface area contributed by atoms with Gasteiger partial charge in [0, 0.05) is 13.1 Å². The molecule has 3 nitrogen and oxygen atoms in total. The second-order valence-electron chi connectivity index (χ2n) is 4.65. The highest BCUT2D eigenvalue weighted by atomic mass is 19.3. The summed E-state index contributed by atoms with van der Waals surface area (Å²) in [6.45, 7) is 0.881. The Morgan fingerprint density at radius 3 is 2.61 bits per heavy atom. The fraction of sp³-hybridized carbons (Fsp3) is 0.538. The summed E-state index contributed by atoms with van der Waals surface area (Å²) in [5, 5.41) is 0. The van der Waals surface area contributed by atoms with Crippen molar-refractivity contribution in [2.75, 3.05) is 19.6 Å². The Labute approximate surface area is 106 Å². The van der Waals surface area contributed by atoms with Crippen LogP contribution in [0.25, 0.3) is 0 Å². The van der Waals surface area contributed by atoms with Crippen molar-refractivity contribution in [3.63, 3.8) is 0 Å². The second-order valence-corrected chi connectivity index (χ2v) is 4.65. The minimum Gasteiger partial charge on any atom is -0.435 e. The van der Waals surface area contributed by atoms with Crippen LogP contribution in [0, 0.1) is 5.92 Å². The molecule has 5 heteroatoms. The van der Waals surface area contributed by atoms with E-state index < -0.39 is 6.61 Å². The van der Waals surface area contributed by atoms with E-state index in [0.717, 1.165) is 38.2 Å². The number of likely N-dealkylation sites (tertiary alicyclic amines) is 1. The van der Waals surface area contributed by atoms with Crippen molar-refractivity contribution in [3.05, 3.63) is 29.8 Å². The Balaban J connectivity index is 1.87. The number of benzene rings is 1. The Morgan fingerprint density at radius 1 is 1.33 bits per heavy atom. The van der Waals surface area contributed by atoms with Crippen LogP contribution in [-0.2, 0) is 6.54 Å². The molecule has 1 aromatic carbocycles. The SMILES string of the molecule is NCC1CCN(Cc2ccc(OC(F)F)cc2)C1. The molecule has 100 valence electrons. The Hall–Kier alpha value is -1.20. The van der Waals surface area contributed by atoms with Crippen molar-refractivity contribution in [1.82, 2.24) is 4.90 Å². The van der Waals surface area contributed by atoms with Gasteiger partial charge in [-0.3, -0.25) is 4.90 Å². The average Bonchev–Trinajstić information content (AvgIpc) is 2.79. The number of hydrogen-bond donors (Lipinski definition) is 1. The standard InChI is InChI=1S/C13H18F2N2O/c14-13(15)18-12-3-1-10(2-4-12)8-17-6-5-11(7-16)9-17/h1-4,11,13H,5-9,16H2. The third-order valence-corrected chi connectivity index (χ3v) is 3.26. The molecular weight excluding hydrogens is 238 g/mol. The van der Waals surface area contributed by atoms with Gasteiger partial charge in [0.1, 0.15) is 5.75 Å². The van der Waals surface area contributed by atoms with Gasteiger partial charge < -0.3 is 10.5 Å². The highest BCUT2D eigenvalue weighted by Crippen LogP contribution is 2.20. The zero-order valence-electron chi connectivity index (χ0n) is 10.2. The molecule has 1 heterocycles. The zero-order chi connectivity index (χ0) is 13.0. The van der Waals surface area contributed by atoms with Gasteiger partial charge in [0.2, 0.25) is 0 Å². The molecule has 0 aromatic heterocycles. The maximum Gasteiger partial charge on any atom is 0.387 e. The van der Waals surface area contributed by atoms with Crippen molar-refractivity contribution < 1.29 is 13.5 Å². The van der Waals surface area contributed by atoms with Gasteiger partial charge >= 0.3 is 6.61 Å². The lowest BCUT2D eigenvalue weighted by Gasteiger charge is -2.16. The van der Waals surface area contributed by atoms with Gasteiger partial charge in [0.25, 0.3) is 0 Å². The Morgan fingerprint density at radius 2 is 2.06 bits per heavy atom. The lowest BCUT2D eigenvalue weighted by atomic mass is 10.1. The maximum absolute atomic E-state index is 12.0. The minimum atomic E-state index is -2.76. The molecule has 1 aliphatic heterocycles. The molecule has 2 rings (SSSR count). The van der Waals surface area contributed by atoms with Crippen LogP contribution in [0.15, 0.2) is 24.3 Å². The Kier molecular flexibility index (Phi) is 4.49. The number of rotatable bonds is 5. The molecule has 1 aromatic rings. The van der Waals surface area contributed by atoms with Crippen LogP contribution < -0.4 is 10.5 Å². The van der Waals surface area contributed by atoms with E-state index in [1.165, 1.54) is 0 Å². The van der Waals surface area contributed by atoms with E-state index in [0.29, 0.717) is 5.92 Å². The van der Waals surface area contributed by atoms with Crippen LogP contribution in [-0.4, -0.2) is 31.1 Å². The number of nitrogens with zero attached hydrogens (tertiary/aromatic N) is 1. The van der Waals surface area contributed by atoms with Gasteiger partial charge in [0.15, 0.2) is 0 Å². The predicted molar refractivity (Wildman–Crippen MR) is 65.5 cm³/mol. The summed E-state index contributed by atoms with van der Waals surface area (Å²) in [5.41, 5.74) is 6.75. The van der Waals surface area contributed by atoms with Gasteiger partial charge in [-0.15, -0.1) is 0 Å². The number of alkyl halides is 2. The number of hydrogen-bond acceptors (Lipinski definition) is 3. The van der Waals surface area contributed by atoms with Crippen LogP contribution in [0.3, 0.4) is 0 Å². The minimum absolute atomic E-state index is 0.204. The van der Waals surface area contributed by atoms with Gasteiger partial charge in [-0.1, -0.05) is 12.1 Å². The van der Waals surface area contributed by atoms with E-state index in [-0.39, 0.29) is 5.75 Å². The summed E-state index contributed by atoms with van der Waals surface area (Å²) < 4.78 is 28.3. The van der Waals surface area contributed by atoms with Crippen LogP contribution in [0.4, 0.5) is 8.78 Å². The normalized spacial score (nSPS) is 20.6. The van der Waals surface area contributed by atoms with E-state index in [9.17, 15) is 8.78 Å². The molecular formula is C13H18F2N2O. The molecule has 0 aliphatic carbocycles. The third-order valence-electron chi connectivity index (χ3n) is 3.26. The molecule has 1 aliphatic rings. The van der Waals surface area contributed by atoms with Gasteiger partial charge in [0.05, 0.1) is 0 Å². The first-order valence-electron chi connectivity index (χ1n) is 6.13. The molecule has 0 spiro atoms. The van der Waals surface area contributed by atoms with E-state index in [1.54, 1.807) is 12.1 Å². The first-order chi connectivity index (χ1) is 8.67. The maximum atomic E-state index is 12.0. The van der Waals surface area contributed by atoms with Crippen molar-refractivity contribution in [2.45, 2.75) is 19.6 Å². The summed E-state index contributed by atoms with van der Waals surface area (Å²) in [5.74, 6) is 0.793. The zero-order valence-corrected chi connectivity index (χ0v) is 10.2. The summed E-state index contributed by atoms with van der Waals surface area (Å²) >= 11 is 0. The molecule has 2 N–H and O–H groups in total. The average molecular weight is 256 g/mol. The topological polar surface area (TPSA) is 38.5 Å². The summed E-state index contributed by atoms with van der Waals surface area (Å²) in [7, 11) is 0. The molecule has 0 bridgehead atoms. The first kappa shape index (κ1) is 13.2. The van der Waals surface area contributed by atoms with Crippen LogP contribution in [0.5, 0.6) is 5.75 Å². The lowest BCUT2D eigenvalue weighted by Crippen LogP contribution is -2.22. The predicted octanol–water partition coefficient (Wildman–Crippen LogP) is 2.07. The molecule has 1 unspecified atom stereocenters. The second kappa shape index (κ2) is 6.11. The number of halogens is 2. The van der Waals surface area contributed by atoms with Crippen molar-refractivity contribution in [2.24, 2.45) is 11.7 Å². The van der Waals surface area contributed by atoms with Gasteiger partial charge in [-0.05, 0) is 43.1 Å². The lowest BCUT2D eigenvalue weighted by molar-refractivity contribution is -0.0498. The molecule has 0 amide bonds. The number of ether oxygens (including phenoxy) is 1. The smallest absolute Gasteiger partial charge is 0.387 e. The van der Waals surface area contributed by atoms with Crippen LogP contribution in [0.1, 0.15) is 12.0 Å². The fourth-order valence-electron chi connectivity index (χ4n) is 2.28. The summed E-state index contributed by atoms with van der Waals surface area (Å²) in [6, 6.07) is 6.82. The molecule has 1 atom stereocenters. The molecule has 1 fully saturated rings. The molecule has 0 radical (unpaired) electrons. The number of nitrogens with two attached hydrogens (primary N) is 1. The van der Waals surface area contributed by atoms with Crippen LogP contribution in [0.2, 0.25) is 0 Å². The van der Waals surface area contributed by atoms with Crippen LogP contribution >= 0.6 is 0 Å². The third kappa shape index (κ3) is 3.65. The molecule has 0 saturated carbocycles. The van der Waals surface area contributed by atoms with Gasteiger partial charge in [-0.2, -0.15) is 8.78 Å². The summed E-state index contributed by atoms with van der Waals surface area (Å²) in [4.78, 5) is 2.33. The fourth-order valence-corrected chi connectivity index (χ4v) is 2.28. The van der Waals surface area contributed by atoms with Crippen molar-refractivity contribution >= 4 is 0 Å². The highest BCUT2D eigenvalue weighted by molar-refractivity contribution is 5.27. The van der Waals surface area contributed by atoms with Crippen molar-refractivity contribution in [3.8, 4) is 5.75 Å². The van der Waals surface area contributed by atoms with Crippen molar-refractivity contribution in [1.29, 1.82) is 0 Å². The van der Waals surface area contributed by atoms with Gasteiger partial charge in [-0.25, -0.2) is 0 Å². The van der Waals surface area contributed by atoms with E-state index in [1.807, 2.05) is 12.1 Å². The summed E-state index contributed by atoms with van der Waals surface area (Å²) in [6.07, 6.45) is 1.14. The largest absolute Gasteiger partial charge is 0.435 e. The Bertz CT molecular complexity index is 370.